The second-order valence-corrected chi connectivity index (χ2v) is 4.24. The van der Waals surface area contributed by atoms with Gasteiger partial charge in [-0.1, -0.05) is 11.6 Å². The molecule has 7 heteroatoms. The van der Waals surface area contributed by atoms with E-state index in [9.17, 15) is 9.18 Å². The van der Waals surface area contributed by atoms with E-state index >= 15 is 0 Å². The third-order valence-electron chi connectivity index (χ3n) is 2.47. The zero-order valence-corrected chi connectivity index (χ0v) is 10.1. The summed E-state index contributed by atoms with van der Waals surface area (Å²) in [6.07, 6.45) is 0. The Balaban J connectivity index is 2.90. The van der Waals surface area contributed by atoms with Crippen LogP contribution in [-0.2, 0) is 0 Å². The van der Waals surface area contributed by atoms with Gasteiger partial charge in [0.2, 0.25) is 0 Å². The van der Waals surface area contributed by atoms with Gasteiger partial charge in [-0.3, -0.25) is 4.79 Å². The van der Waals surface area contributed by atoms with Crippen LogP contribution >= 0.6 is 11.6 Å². The second kappa shape index (κ2) is 6.10. The number of aliphatic hydroxyl groups excluding tert-OH is 3. The van der Waals surface area contributed by atoms with Crippen LogP contribution in [0, 0.1) is 5.82 Å². The first-order valence-electron chi connectivity index (χ1n) is 5.08. The van der Waals surface area contributed by atoms with Crippen LogP contribution in [0.2, 0.25) is 5.02 Å². The minimum absolute atomic E-state index is 0.0309. The summed E-state index contributed by atoms with van der Waals surface area (Å²) in [5, 5.41) is 29.2. The summed E-state index contributed by atoms with van der Waals surface area (Å²) in [4.78, 5) is 11.7. The minimum atomic E-state index is -1.55. The Morgan fingerprint density at radius 2 is 1.83 bits per heavy atom. The van der Waals surface area contributed by atoms with Gasteiger partial charge in [0.25, 0.3) is 5.91 Å². The Kier molecular flexibility index (Phi) is 5.03. The van der Waals surface area contributed by atoms with E-state index in [-0.39, 0.29) is 10.6 Å². The van der Waals surface area contributed by atoms with Crippen molar-refractivity contribution < 1.29 is 24.5 Å². The molecular formula is C11H13ClFNO4. The summed E-state index contributed by atoms with van der Waals surface area (Å²) in [6.45, 7) is -1.95. The van der Waals surface area contributed by atoms with Gasteiger partial charge in [0.1, 0.15) is 11.4 Å². The molecule has 0 bridgehead atoms. The molecule has 1 amide bonds. The van der Waals surface area contributed by atoms with Crippen LogP contribution in [0.3, 0.4) is 0 Å². The third kappa shape index (κ3) is 3.17. The highest BCUT2D eigenvalue weighted by molar-refractivity contribution is 6.30. The molecular weight excluding hydrogens is 265 g/mol. The number of benzene rings is 1. The van der Waals surface area contributed by atoms with Gasteiger partial charge in [0.05, 0.1) is 24.8 Å². The van der Waals surface area contributed by atoms with Crippen molar-refractivity contribution in [2.24, 2.45) is 0 Å². The fraction of sp³-hybridized carbons (Fsp3) is 0.364. The van der Waals surface area contributed by atoms with Crippen LogP contribution in [0.5, 0.6) is 0 Å². The number of halogens is 2. The lowest BCUT2D eigenvalue weighted by Crippen LogP contribution is -2.57. The molecule has 0 radical (unpaired) electrons. The lowest BCUT2D eigenvalue weighted by atomic mass is 10.0. The van der Waals surface area contributed by atoms with Gasteiger partial charge in [-0.2, -0.15) is 0 Å². The van der Waals surface area contributed by atoms with E-state index in [1.165, 1.54) is 12.1 Å². The molecule has 0 unspecified atom stereocenters. The maximum atomic E-state index is 13.2. The topological polar surface area (TPSA) is 89.8 Å². The van der Waals surface area contributed by atoms with Gasteiger partial charge in [0, 0.05) is 5.56 Å². The van der Waals surface area contributed by atoms with Crippen molar-refractivity contribution in [2.45, 2.75) is 5.54 Å². The van der Waals surface area contributed by atoms with Gasteiger partial charge in [-0.15, -0.1) is 0 Å². The number of amides is 1. The van der Waals surface area contributed by atoms with Crippen molar-refractivity contribution >= 4 is 17.5 Å². The molecule has 1 rings (SSSR count). The molecule has 1 aromatic rings. The first kappa shape index (κ1) is 14.8. The zero-order chi connectivity index (χ0) is 13.8. The average Bonchev–Trinajstić information content (AvgIpc) is 2.39. The molecule has 0 aliphatic rings. The standard InChI is InChI=1S/C11H13ClFNO4/c12-8-2-1-7(3-9(8)13)10(18)14-11(4-15,5-16)6-17/h1-3,15-17H,4-6H2,(H,14,18). The van der Waals surface area contributed by atoms with Crippen LogP contribution in [-0.4, -0.2) is 46.6 Å². The number of hydrogen-bond acceptors (Lipinski definition) is 4. The molecule has 0 spiro atoms. The highest BCUT2D eigenvalue weighted by Crippen LogP contribution is 2.16. The van der Waals surface area contributed by atoms with Gasteiger partial charge in [0.15, 0.2) is 0 Å². The number of carbonyl (C=O) groups excluding carboxylic acids is 1. The molecule has 0 saturated heterocycles. The molecule has 0 aliphatic carbocycles. The van der Waals surface area contributed by atoms with Crippen molar-refractivity contribution in [3.8, 4) is 0 Å². The third-order valence-corrected chi connectivity index (χ3v) is 2.78. The molecule has 0 aromatic heterocycles. The van der Waals surface area contributed by atoms with Crippen LogP contribution in [0.1, 0.15) is 10.4 Å². The lowest BCUT2D eigenvalue weighted by Gasteiger charge is -2.28. The number of rotatable bonds is 5. The van der Waals surface area contributed by atoms with Crippen molar-refractivity contribution in [1.29, 1.82) is 0 Å². The second-order valence-electron chi connectivity index (χ2n) is 3.84. The first-order valence-corrected chi connectivity index (χ1v) is 5.46. The summed E-state index contributed by atoms with van der Waals surface area (Å²) in [7, 11) is 0. The van der Waals surface area contributed by atoms with E-state index in [1.54, 1.807) is 0 Å². The quantitative estimate of drug-likeness (QED) is 0.606. The summed E-state index contributed by atoms with van der Waals surface area (Å²) < 4.78 is 13.2. The molecule has 4 N–H and O–H groups in total. The van der Waals surface area contributed by atoms with Crippen LogP contribution in [0.4, 0.5) is 4.39 Å². The fourth-order valence-corrected chi connectivity index (χ4v) is 1.34. The maximum absolute atomic E-state index is 13.2. The number of carbonyl (C=O) groups is 1. The molecule has 0 fully saturated rings. The molecule has 0 saturated carbocycles. The van der Waals surface area contributed by atoms with Crippen molar-refractivity contribution in [3.05, 3.63) is 34.6 Å². The zero-order valence-electron chi connectivity index (χ0n) is 9.36. The van der Waals surface area contributed by atoms with Crippen molar-refractivity contribution in [1.82, 2.24) is 5.32 Å². The van der Waals surface area contributed by atoms with E-state index in [4.69, 9.17) is 26.9 Å². The molecule has 1 aromatic carbocycles. The molecule has 18 heavy (non-hydrogen) atoms. The Hall–Kier alpha value is -1.21. The highest BCUT2D eigenvalue weighted by atomic mass is 35.5. The Morgan fingerprint density at radius 3 is 2.28 bits per heavy atom. The van der Waals surface area contributed by atoms with Gasteiger partial charge in [-0.05, 0) is 18.2 Å². The summed E-state index contributed by atoms with van der Waals surface area (Å²) in [5.74, 6) is -1.49. The Bertz CT molecular complexity index is 429. The Labute approximate surface area is 108 Å². The van der Waals surface area contributed by atoms with Crippen LogP contribution < -0.4 is 5.32 Å². The fourth-order valence-electron chi connectivity index (χ4n) is 1.22. The summed E-state index contributed by atoms with van der Waals surface area (Å²) in [6, 6.07) is 3.43. The number of hydrogen-bond donors (Lipinski definition) is 4. The van der Waals surface area contributed by atoms with E-state index in [0.29, 0.717) is 0 Å². The molecule has 0 heterocycles. The molecule has 0 atom stereocenters. The SMILES string of the molecule is O=C(NC(CO)(CO)CO)c1ccc(Cl)c(F)c1. The van der Waals surface area contributed by atoms with Gasteiger partial charge >= 0.3 is 0 Å². The van der Waals surface area contributed by atoms with E-state index < -0.39 is 37.1 Å². The number of aliphatic hydroxyl groups is 3. The molecule has 0 aliphatic heterocycles. The monoisotopic (exact) mass is 277 g/mol. The summed E-state index contributed by atoms with van der Waals surface area (Å²) >= 11 is 5.47. The van der Waals surface area contributed by atoms with E-state index in [2.05, 4.69) is 5.32 Å². The van der Waals surface area contributed by atoms with Crippen LogP contribution in [0.15, 0.2) is 18.2 Å². The predicted octanol–water partition coefficient (Wildman–Crippen LogP) is -0.0754. The normalized spacial score (nSPS) is 11.4. The average molecular weight is 278 g/mol. The highest BCUT2D eigenvalue weighted by Gasteiger charge is 2.30. The van der Waals surface area contributed by atoms with Crippen LogP contribution in [0.25, 0.3) is 0 Å². The van der Waals surface area contributed by atoms with E-state index in [0.717, 1.165) is 6.07 Å². The number of nitrogens with one attached hydrogen (secondary N) is 1. The van der Waals surface area contributed by atoms with Gasteiger partial charge < -0.3 is 20.6 Å². The van der Waals surface area contributed by atoms with E-state index in [1.807, 2.05) is 0 Å². The smallest absolute Gasteiger partial charge is 0.252 e. The summed E-state index contributed by atoms with van der Waals surface area (Å²) in [5.41, 5.74) is -1.58. The van der Waals surface area contributed by atoms with Gasteiger partial charge in [-0.25, -0.2) is 4.39 Å². The van der Waals surface area contributed by atoms with Crippen molar-refractivity contribution in [3.63, 3.8) is 0 Å². The minimum Gasteiger partial charge on any atom is -0.394 e. The lowest BCUT2D eigenvalue weighted by molar-refractivity contribution is 0.0375. The molecule has 5 nitrogen and oxygen atoms in total. The predicted molar refractivity (Wildman–Crippen MR) is 62.9 cm³/mol. The Morgan fingerprint density at radius 1 is 1.28 bits per heavy atom. The largest absolute Gasteiger partial charge is 0.394 e. The first-order chi connectivity index (χ1) is 8.48. The molecule has 100 valence electrons. The van der Waals surface area contributed by atoms with Crippen molar-refractivity contribution in [2.75, 3.05) is 19.8 Å². The maximum Gasteiger partial charge on any atom is 0.252 e.